The number of imidazole rings is 1. The molecule has 5 heteroatoms. The second kappa shape index (κ2) is 5.75. The van der Waals surface area contributed by atoms with E-state index in [1.165, 1.54) is 11.1 Å². The van der Waals surface area contributed by atoms with Crippen LogP contribution in [0, 0.1) is 0 Å². The summed E-state index contributed by atoms with van der Waals surface area (Å²) in [6.45, 7) is 2.12. The van der Waals surface area contributed by atoms with Gasteiger partial charge in [0.25, 0.3) is 0 Å². The van der Waals surface area contributed by atoms with E-state index >= 15 is 0 Å². The zero-order chi connectivity index (χ0) is 13.0. The maximum Gasteiger partial charge on any atom is 0.110 e. The predicted molar refractivity (Wildman–Crippen MR) is 70.6 cm³/mol. The number of aromatic nitrogens is 3. The lowest BCUT2D eigenvalue weighted by molar-refractivity contribution is 0.526. The van der Waals surface area contributed by atoms with Gasteiger partial charge in [-0.1, -0.05) is 6.92 Å². The molecule has 0 saturated heterocycles. The largest absolute Gasteiger partial charge is 0.338 e. The maximum atomic E-state index is 5.69. The van der Waals surface area contributed by atoms with Crippen LogP contribution in [-0.4, -0.2) is 14.5 Å². The van der Waals surface area contributed by atoms with Gasteiger partial charge in [-0.05, 0) is 23.6 Å². The maximum absolute atomic E-state index is 5.69. The molecule has 0 aliphatic heterocycles. The van der Waals surface area contributed by atoms with Crippen LogP contribution < -0.4 is 11.3 Å². The van der Waals surface area contributed by atoms with Crippen LogP contribution in [0.15, 0.2) is 30.9 Å². The average molecular weight is 245 g/mol. The fourth-order valence-electron chi connectivity index (χ4n) is 2.11. The number of aryl methyl sites for hydroxylation is 2. The van der Waals surface area contributed by atoms with Crippen LogP contribution in [0.3, 0.4) is 0 Å². The van der Waals surface area contributed by atoms with Crippen molar-refractivity contribution >= 4 is 0 Å². The summed E-state index contributed by atoms with van der Waals surface area (Å²) in [7, 11) is 1.99. The number of nitrogens with zero attached hydrogens (tertiary/aromatic N) is 3. The van der Waals surface area contributed by atoms with Gasteiger partial charge >= 0.3 is 0 Å². The van der Waals surface area contributed by atoms with Crippen molar-refractivity contribution in [2.75, 3.05) is 0 Å². The highest BCUT2D eigenvalue weighted by atomic mass is 15.2. The van der Waals surface area contributed by atoms with Gasteiger partial charge in [-0.25, -0.2) is 4.98 Å². The third-order valence-corrected chi connectivity index (χ3v) is 3.21. The van der Waals surface area contributed by atoms with Gasteiger partial charge in [0.05, 0.1) is 6.04 Å². The molecule has 96 valence electrons. The van der Waals surface area contributed by atoms with Gasteiger partial charge in [-0.3, -0.25) is 16.3 Å². The molecule has 0 aliphatic carbocycles. The number of rotatable bonds is 5. The molecule has 0 bridgehead atoms. The van der Waals surface area contributed by atoms with Crippen LogP contribution in [0.25, 0.3) is 0 Å². The van der Waals surface area contributed by atoms with E-state index in [2.05, 4.69) is 22.3 Å². The summed E-state index contributed by atoms with van der Waals surface area (Å²) in [5.74, 6) is 6.70. The number of nitrogens with two attached hydrogens (primary N) is 1. The fraction of sp³-hybridized carbons (Fsp3) is 0.385. The van der Waals surface area contributed by atoms with E-state index < -0.39 is 0 Å². The lowest BCUT2D eigenvalue weighted by Gasteiger charge is -2.18. The molecule has 3 N–H and O–H groups in total. The molecule has 0 amide bonds. The number of hydrogen-bond acceptors (Lipinski definition) is 4. The SMILES string of the molecule is CCc1cnccc1C(Cc1nccn1C)NN. The Kier molecular flexibility index (Phi) is 4.07. The molecule has 0 radical (unpaired) electrons. The van der Waals surface area contributed by atoms with E-state index in [0.29, 0.717) is 0 Å². The Morgan fingerprint density at radius 3 is 2.89 bits per heavy atom. The minimum Gasteiger partial charge on any atom is -0.338 e. The minimum atomic E-state index is 0.0593. The fourth-order valence-corrected chi connectivity index (χ4v) is 2.11. The van der Waals surface area contributed by atoms with Gasteiger partial charge in [0.1, 0.15) is 5.82 Å². The Bertz CT molecular complexity index is 506. The molecular formula is C13H19N5. The first-order valence-electron chi connectivity index (χ1n) is 6.11. The zero-order valence-electron chi connectivity index (χ0n) is 10.8. The van der Waals surface area contributed by atoms with Crippen LogP contribution in [0.5, 0.6) is 0 Å². The summed E-state index contributed by atoms with van der Waals surface area (Å²) >= 11 is 0. The molecule has 18 heavy (non-hydrogen) atoms. The molecule has 0 fully saturated rings. The summed E-state index contributed by atoms with van der Waals surface area (Å²) in [5, 5.41) is 0. The van der Waals surface area contributed by atoms with Gasteiger partial charge in [-0.2, -0.15) is 0 Å². The second-order valence-electron chi connectivity index (χ2n) is 4.31. The summed E-state index contributed by atoms with van der Waals surface area (Å²) in [5.41, 5.74) is 5.29. The molecule has 2 aromatic rings. The van der Waals surface area contributed by atoms with E-state index in [0.717, 1.165) is 18.7 Å². The Hall–Kier alpha value is -1.72. The van der Waals surface area contributed by atoms with E-state index in [1.807, 2.05) is 30.1 Å². The number of hydrogen-bond donors (Lipinski definition) is 2. The third-order valence-electron chi connectivity index (χ3n) is 3.21. The second-order valence-corrected chi connectivity index (χ2v) is 4.31. The van der Waals surface area contributed by atoms with Gasteiger partial charge in [0.2, 0.25) is 0 Å². The number of hydrazine groups is 1. The van der Waals surface area contributed by atoms with Gasteiger partial charge in [-0.15, -0.1) is 0 Å². The van der Waals surface area contributed by atoms with Crippen LogP contribution in [0.1, 0.15) is 29.9 Å². The first kappa shape index (κ1) is 12.7. The molecule has 0 aromatic carbocycles. The molecule has 2 heterocycles. The third kappa shape index (κ3) is 2.57. The van der Waals surface area contributed by atoms with E-state index in [1.54, 1.807) is 12.4 Å². The molecular weight excluding hydrogens is 226 g/mol. The van der Waals surface area contributed by atoms with Crippen LogP contribution in [0.2, 0.25) is 0 Å². The number of pyridine rings is 1. The first-order valence-corrected chi connectivity index (χ1v) is 6.11. The Morgan fingerprint density at radius 2 is 2.28 bits per heavy atom. The van der Waals surface area contributed by atoms with E-state index in [4.69, 9.17) is 5.84 Å². The van der Waals surface area contributed by atoms with Crippen molar-refractivity contribution in [3.05, 3.63) is 47.8 Å². The minimum absolute atomic E-state index is 0.0593. The number of nitrogens with one attached hydrogen (secondary N) is 1. The summed E-state index contributed by atoms with van der Waals surface area (Å²) in [4.78, 5) is 8.49. The normalized spacial score (nSPS) is 12.6. The van der Waals surface area contributed by atoms with Crippen LogP contribution in [-0.2, 0) is 19.9 Å². The molecule has 2 aromatic heterocycles. The van der Waals surface area contributed by atoms with Gasteiger partial charge < -0.3 is 4.57 Å². The van der Waals surface area contributed by atoms with Crippen molar-refractivity contribution in [1.82, 2.24) is 20.0 Å². The topological polar surface area (TPSA) is 68.8 Å². The molecule has 1 unspecified atom stereocenters. The Morgan fingerprint density at radius 1 is 1.44 bits per heavy atom. The van der Waals surface area contributed by atoms with Gasteiger partial charge in [0.15, 0.2) is 0 Å². The molecule has 5 nitrogen and oxygen atoms in total. The average Bonchev–Trinajstić information content (AvgIpc) is 2.81. The van der Waals surface area contributed by atoms with Crippen LogP contribution in [0.4, 0.5) is 0 Å². The molecule has 2 rings (SSSR count). The summed E-state index contributed by atoms with van der Waals surface area (Å²) in [6.07, 6.45) is 9.15. The highest BCUT2D eigenvalue weighted by Crippen LogP contribution is 2.20. The molecule has 1 atom stereocenters. The molecule has 0 saturated carbocycles. The monoisotopic (exact) mass is 245 g/mol. The van der Waals surface area contributed by atoms with E-state index in [-0.39, 0.29) is 6.04 Å². The quantitative estimate of drug-likeness (QED) is 0.612. The molecule has 0 spiro atoms. The Balaban J connectivity index is 2.25. The lowest BCUT2D eigenvalue weighted by Crippen LogP contribution is -2.31. The van der Waals surface area contributed by atoms with Gasteiger partial charge in [0, 0.05) is 38.3 Å². The van der Waals surface area contributed by atoms with Crippen molar-refractivity contribution in [1.29, 1.82) is 0 Å². The van der Waals surface area contributed by atoms with Crippen molar-refractivity contribution in [2.24, 2.45) is 12.9 Å². The summed E-state index contributed by atoms with van der Waals surface area (Å²) in [6, 6.07) is 2.08. The molecule has 0 aliphatic rings. The van der Waals surface area contributed by atoms with Crippen molar-refractivity contribution < 1.29 is 0 Å². The highest BCUT2D eigenvalue weighted by Gasteiger charge is 2.15. The van der Waals surface area contributed by atoms with Crippen LogP contribution >= 0.6 is 0 Å². The van der Waals surface area contributed by atoms with Crippen molar-refractivity contribution in [2.45, 2.75) is 25.8 Å². The smallest absolute Gasteiger partial charge is 0.110 e. The standard InChI is InChI=1S/C13H19N5/c1-3-10-9-15-5-4-11(10)12(17-14)8-13-16-6-7-18(13)2/h4-7,9,12,17H,3,8,14H2,1-2H3. The zero-order valence-corrected chi connectivity index (χ0v) is 10.8. The van der Waals surface area contributed by atoms with Crippen molar-refractivity contribution in [3.8, 4) is 0 Å². The highest BCUT2D eigenvalue weighted by molar-refractivity contribution is 5.27. The van der Waals surface area contributed by atoms with Crippen molar-refractivity contribution in [3.63, 3.8) is 0 Å². The first-order chi connectivity index (χ1) is 8.76. The van der Waals surface area contributed by atoms with E-state index in [9.17, 15) is 0 Å². The Labute approximate surface area is 107 Å². The summed E-state index contributed by atoms with van der Waals surface area (Å²) < 4.78 is 2.01. The predicted octanol–water partition coefficient (Wildman–Crippen LogP) is 1.12. The lowest BCUT2D eigenvalue weighted by atomic mass is 9.98.